The number of thiophene rings is 1. The van der Waals surface area contributed by atoms with Crippen LogP contribution in [-0.4, -0.2) is 12.5 Å². The molecule has 3 rings (SSSR count). The molecule has 0 unspecified atom stereocenters. The Morgan fingerprint density at radius 3 is 2.50 bits per heavy atom. The Morgan fingerprint density at radius 1 is 1.18 bits per heavy atom. The molecular formula is C19H23NOS. The van der Waals surface area contributed by atoms with Gasteiger partial charge in [-0.2, -0.15) is 11.3 Å². The monoisotopic (exact) mass is 313 g/mol. The van der Waals surface area contributed by atoms with E-state index in [-0.39, 0.29) is 11.3 Å². The summed E-state index contributed by atoms with van der Waals surface area (Å²) in [7, 11) is 0. The molecule has 0 atom stereocenters. The quantitative estimate of drug-likeness (QED) is 0.862. The molecule has 1 saturated carbocycles. The number of aryl methyl sites for hydroxylation is 1. The number of carbonyl (C=O) groups excluding carboxylic acids is 1. The number of carbonyl (C=O) groups is 1. The van der Waals surface area contributed by atoms with Gasteiger partial charge >= 0.3 is 0 Å². The third-order valence-electron chi connectivity index (χ3n) is 4.91. The molecule has 0 saturated heterocycles. The van der Waals surface area contributed by atoms with Gasteiger partial charge in [-0.1, -0.05) is 31.9 Å². The molecule has 1 fully saturated rings. The SMILES string of the molecule is CCc1ccc(C(=O)NCC2(c3ccsc3)CCCC2)cc1. The number of nitrogens with one attached hydrogen (secondary N) is 1. The predicted molar refractivity (Wildman–Crippen MR) is 92.6 cm³/mol. The summed E-state index contributed by atoms with van der Waals surface area (Å²) in [6.07, 6.45) is 5.88. The molecule has 1 aliphatic carbocycles. The maximum atomic E-state index is 12.4. The normalized spacial score (nSPS) is 16.6. The van der Waals surface area contributed by atoms with E-state index in [9.17, 15) is 4.79 Å². The Morgan fingerprint density at radius 2 is 1.91 bits per heavy atom. The summed E-state index contributed by atoms with van der Waals surface area (Å²) in [4.78, 5) is 12.4. The highest BCUT2D eigenvalue weighted by molar-refractivity contribution is 7.08. The highest BCUT2D eigenvalue weighted by Crippen LogP contribution is 2.41. The minimum Gasteiger partial charge on any atom is -0.351 e. The van der Waals surface area contributed by atoms with Gasteiger partial charge in [0.2, 0.25) is 0 Å². The maximum Gasteiger partial charge on any atom is 0.251 e. The fourth-order valence-corrected chi connectivity index (χ4v) is 4.21. The zero-order chi connectivity index (χ0) is 15.4. The zero-order valence-electron chi connectivity index (χ0n) is 13.1. The molecule has 2 nitrogen and oxygen atoms in total. The highest BCUT2D eigenvalue weighted by Gasteiger charge is 2.36. The van der Waals surface area contributed by atoms with E-state index >= 15 is 0 Å². The van der Waals surface area contributed by atoms with Crippen LogP contribution in [0.1, 0.15) is 54.1 Å². The van der Waals surface area contributed by atoms with Crippen molar-refractivity contribution in [3.05, 3.63) is 57.8 Å². The van der Waals surface area contributed by atoms with Gasteiger partial charge in [0.15, 0.2) is 0 Å². The van der Waals surface area contributed by atoms with Crippen molar-refractivity contribution >= 4 is 17.2 Å². The molecule has 116 valence electrons. The molecule has 1 aromatic carbocycles. The number of hydrogen-bond acceptors (Lipinski definition) is 2. The van der Waals surface area contributed by atoms with Gasteiger partial charge in [-0.3, -0.25) is 4.79 Å². The second-order valence-corrected chi connectivity index (χ2v) is 7.01. The molecule has 1 aromatic heterocycles. The van der Waals surface area contributed by atoms with Crippen LogP contribution < -0.4 is 5.32 Å². The second-order valence-electron chi connectivity index (χ2n) is 6.23. The first-order chi connectivity index (χ1) is 10.7. The lowest BCUT2D eigenvalue weighted by Gasteiger charge is -2.28. The second kappa shape index (κ2) is 6.66. The van der Waals surface area contributed by atoms with E-state index in [0.29, 0.717) is 0 Å². The van der Waals surface area contributed by atoms with Crippen LogP contribution in [-0.2, 0) is 11.8 Å². The summed E-state index contributed by atoms with van der Waals surface area (Å²) in [6, 6.07) is 10.2. The number of rotatable bonds is 5. The molecule has 0 spiro atoms. The summed E-state index contributed by atoms with van der Waals surface area (Å²) >= 11 is 1.75. The summed E-state index contributed by atoms with van der Waals surface area (Å²) < 4.78 is 0. The smallest absolute Gasteiger partial charge is 0.251 e. The van der Waals surface area contributed by atoms with Crippen molar-refractivity contribution in [1.82, 2.24) is 5.32 Å². The molecule has 0 bridgehead atoms. The average Bonchev–Trinajstić information content (AvgIpc) is 3.24. The van der Waals surface area contributed by atoms with Crippen molar-refractivity contribution in [2.24, 2.45) is 0 Å². The van der Waals surface area contributed by atoms with Crippen molar-refractivity contribution in [1.29, 1.82) is 0 Å². The fourth-order valence-electron chi connectivity index (χ4n) is 3.43. The lowest BCUT2D eigenvalue weighted by molar-refractivity contribution is 0.0943. The van der Waals surface area contributed by atoms with Gasteiger partial charge in [0, 0.05) is 17.5 Å². The van der Waals surface area contributed by atoms with E-state index < -0.39 is 0 Å². The Balaban J connectivity index is 1.68. The molecule has 1 aliphatic rings. The summed E-state index contributed by atoms with van der Waals surface area (Å²) in [6.45, 7) is 2.87. The number of amides is 1. The average molecular weight is 313 g/mol. The zero-order valence-corrected chi connectivity index (χ0v) is 13.9. The molecule has 0 radical (unpaired) electrons. The van der Waals surface area contributed by atoms with Gasteiger partial charge in [0.25, 0.3) is 5.91 Å². The van der Waals surface area contributed by atoms with Crippen molar-refractivity contribution in [2.75, 3.05) is 6.54 Å². The number of benzene rings is 1. The van der Waals surface area contributed by atoms with E-state index in [2.05, 4.69) is 29.1 Å². The standard InChI is InChI=1S/C19H23NOS/c1-2-15-5-7-16(8-6-15)18(21)20-14-19(10-3-4-11-19)17-9-12-22-13-17/h5-9,12-13H,2-4,10-11,14H2,1H3,(H,20,21). The minimum absolute atomic E-state index is 0.0455. The van der Waals surface area contributed by atoms with Crippen LogP contribution >= 0.6 is 11.3 Å². The van der Waals surface area contributed by atoms with Gasteiger partial charge in [-0.15, -0.1) is 0 Å². The minimum atomic E-state index is 0.0455. The third-order valence-corrected chi connectivity index (χ3v) is 5.59. The largest absolute Gasteiger partial charge is 0.351 e. The van der Waals surface area contributed by atoms with Crippen molar-refractivity contribution in [2.45, 2.75) is 44.4 Å². The van der Waals surface area contributed by atoms with Crippen LogP contribution in [0, 0.1) is 0 Å². The Bertz CT molecular complexity index is 609. The summed E-state index contributed by atoms with van der Waals surface area (Å²) in [5, 5.41) is 7.56. The molecule has 1 heterocycles. The van der Waals surface area contributed by atoms with Gasteiger partial charge in [-0.05, 0) is 59.3 Å². The van der Waals surface area contributed by atoms with E-state index in [4.69, 9.17) is 0 Å². The Kier molecular flexibility index (Phi) is 4.63. The Hall–Kier alpha value is -1.61. The fraction of sp³-hybridized carbons (Fsp3) is 0.421. The van der Waals surface area contributed by atoms with Crippen LogP contribution in [0.3, 0.4) is 0 Å². The van der Waals surface area contributed by atoms with E-state index in [0.717, 1.165) is 18.5 Å². The molecule has 22 heavy (non-hydrogen) atoms. The summed E-state index contributed by atoms with van der Waals surface area (Å²) in [5.41, 5.74) is 3.58. The van der Waals surface area contributed by atoms with E-state index in [1.165, 1.54) is 36.8 Å². The summed E-state index contributed by atoms with van der Waals surface area (Å²) in [5.74, 6) is 0.0455. The first-order valence-corrected chi connectivity index (χ1v) is 9.08. The topological polar surface area (TPSA) is 29.1 Å². The number of hydrogen-bond donors (Lipinski definition) is 1. The first kappa shape index (κ1) is 15.3. The van der Waals surface area contributed by atoms with Crippen LogP contribution in [0.15, 0.2) is 41.1 Å². The predicted octanol–water partition coefficient (Wildman–Crippen LogP) is 4.55. The lowest BCUT2D eigenvalue weighted by atomic mass is 9.80. The van der Waals surface area contributed by atoms with Crippen LogP contribution in [0.4, 0.5) is 0 Å². The molecule has 2 aromatic rings. The molecule has 3 heteroatoms. The highest BCUT2D eigenvalue weighted by atomic mass is 32.1. The first-order valence-electron chi connectivity index (χ1n) is 8.13. The van der Waals surface area contributed by atoms with E-state index in [1.54, 1.807) is 11.3 Å². The van der Waals surface area contributed by atoms with Crippen LogP contribution in [0.25, 0.3) is 0 Å². The van der Waals surface area contributed by atoms with Crippen LogP contribution in [0.2, 0.25) is 0 Å². The maximum absolute atomic E-state index is 12.4. The molecule has 1 amide bonds. The van der Waals surface area contributed by atoms with Gasteiger partial charge in [0.05, 0.1) is 0 Å². The molecule has 1 N–H and O–H groups in total. The van der Waals surface area contributed by atoms with Crippen molar-refractivity contribution in [3.8, 4) is 0 Å². The van der Waals surface area contributed by atoms with Crippen molar-refractivity contribution < 1.29 is 4.79 Å². The van der Waals surface area contributed by atoms with Crippen molar-refractivity contribution in [3.63, 3.8) is 0 Å². The third kappa shape index (κ3) is 3.09. The molecule has 0 aliphatic heterocycles. The lowest BCUT2D eigenvalue weighted by Crippen LogP contribution is -2.38. The van der Waals surface area contributed by atoms with Gasteiger partial charge < -0.3 is 5.32 Å². The molecular weight excluding hydrogens is 290 g/mol. The Labute approximate surface area is 136 Å². The van der Waals surface area contributed by atoms with Crippen LogP contribution in [0.5, 0.6) is 0 Å². The van der Waals surface area contributed by atoms with Gasteiger partial charge in [0.1, 0.15) is 0 Å². The van der Waals surface area contributed by atoms with Gasteiger partial charge in [-0.25, -0.2) is 0 Å². The van der Waals surface area contributed by atoms with E-state index in [1.807, 2.05) is 24.3 Å².